The molecule has 0 fully saturated rings. The molecular weight excluding hydrogens is 185 g/mol. The molecule has 0 amide bonds. The lowest BCUT2D eigenvalue weighted by atomic mass is 10.1. The van der Waals surface area contributed by atoms with Crippen LogP contribution in [-0.2, 0) is 4.74 Å². The van der Waals surface area contributed by atoms with Gasteiger partial charge in [0.05, 0.1) is 13.3 Å². The molecule has 4 heteroatoms. The molecule has 1 aromatic rings. The number of allylic oxidation sites excluding steroid dienone is 1. The fraction of sp³-hybridized carbons (Fsp3) is 0.200. The monoisotopic (exact) mass is 195 g/mol. The first-order valence-electron chi connectivity index (χ1n) is 3.96. The van der Waals surface area contributed by atoms with Gasteiger partial charge >= 0.3 is 5.97 Å². The van der Waals surface area contributed by atoms with Gasteiger partial charge in [-0.05, 0) is 18.6 Å². The second kappa shape index (κ2) is 4.00. The fourth-order valence-corrected chi connectivity index (χ4v) is 0.982. The number of carbonyl (C=O) groups is 1. The van der Waals surface area contributed by atoms with E-state index in [2.05, 4.69) is 16.3 Å². The Morgan fingerprint density at radius 1 is 1.64 bits per heavy atom. The van der Waals surface area contributed by atoms with Crippen molar-refractivity contribution in [3.63, 3.8) is 0 Å². The topological polar surface area (TPSA) is 39.2 Å². The number of carbonyl (C=O) groups excluding carboxylic acids is 1. The smallest absolute Gasteiger partial charge is 0.356 e. The summed E-state index contributed by atoms with van der Waals surface area (Å²) < 4.78 is 17.6. The van der Waals surface area contributed by atoms with Gasteiger partial charge < -0.3 is 4.74 Å². The molecule has 0 aromatic carbocycles. The van der Waals surface area contributed by atoms with Gasteiger partial charge in [-0.1, -0.05) is 6.58 Å². The lowest BCUT2D eigenvalue weighted by Gasteiger charge is -2.03. The molecule has 0 spiro atoms. The van der Waals surface area contributed by atoms with Gasteiger partial charge in [-0.3, -0.25) is 0 Å². The van der Waals surface area contributed by atoms with Gasteiger partial charge in [0.25, 0.3) is 0 Å². The molecule has 0 bridgehead atoms. The molecule has 14 heavy (non-hydrogen) atoms. The first kappa shape index (κ1) is 10.4. The maximum atomic E-state index is 13.1. The molecule has 0 aliphatic heterocycles. The molecule has 0 aliphatic carbocycles. The Morgan fingerprint density at radius 3 is 2.79 bits per heavy atom. The van der Waals surface area contributed by atoms with E-state index < -0.39 is 11.8 Å². The van der Waals surface area contributed by atoms with Crippen LogP contribution in [0.2, 0.25) is 0 Å². The lowest BCUT2D eigenvalue weighted by Crippen LogP contribution is -2.05. The van der Waals surface area contributed by atoms with E-state index >= 15 is 0 Å². The van der Waals surface area contributed by atoms with Gasteiger partial charge in [-0.25, -0.2) is 14.2 Å². The molecule has 0 atom stereocenters. The van der Waals surface area contributed by atoms with Crippen LogP contribution in [0.4, 0.5) is 4.39 Å². The molecule has 0 saturated heterocycles. The van der Waals surface area contributed by atoms with Gasteiger partial charge in [-0.15, -0.1) is 0 Å². The van der Waals surface area contributed by atoms with Crippen LogP contribution in [0, 0.1) is 5.82 Å². The zero-order valence-electron chi connectivity index (χ0n) is 8.00. The van der Waals surface area contributed by atoms with E-state index in [0.29, 0.717) is 5.57 Å². The van der Waals surface area contributed by atoms with Gasteiger partial charge in [0.2, 0.25) is 0 Å². The Kier molecular flexibility index (Phi) is 2.96. The van der Waals surface area contributed by atoms with Crippen LogP contribution in [0.1, 0.15) is 23.0 Å². The van der Waals surface area contributed by atoms with Crippen molar-refractivity contribution >= 4 is 11.5 Å². The van der Waals surface area contributed by atoms with E-state index in [0.717, 1.165) is 6.20 Å². The summed E-state index contributed by atoms with van der Waals surface area (Å²) in [4.78, 5) is 14.7. The Labute approximate surface area is 81.2 Å². The number of ether oxygens (including phenoxy) is 1. The van der Waals surface area contributed by atoms with Gasteiger partial charge in [-0.2, -0.15) is 0 Å². The second-order valence-corrected chi connectivity index (χ2v) is 2.82. The van der Waals surface area contributed by atoms with Crippen molar-refractivity contribution in [1.82, 2.24) is 4.98 Å². The van der Waals surface area contributed by atoms with Crippen molar-refractivity contribution in [3.8, 4) is 0 Å². The summed E-state index contributed by atoms with van der Waals surface area (Å²) in [6.45, 7) is 5.24. The molecule has 0 saturated carbocycles. The molecule has 0 aliphatic rings. The highest BCUT2D eigenvalue weighted by molar-refractivity contribution is 5.88. The Balaban J connectivity index is 3.19. The van der Waals surface area contributed by atoms with E-state index in [1.807, 2.05) is 0 Å². The largest absolute Gasteiger partial charge is 0.464 e. The summed E-state index contributed by atoms with van der Waals surface area (Å²) >= 11 is 0. The third kappa shape index (κ3) is 1.96. The van der Waals surface area contributed by atoms with Crippen LogP contribution in [0.5, 0.6) is 0 Å². The maximum Gasteiger partial charge on any atom is 0.356 e. The third-order valence-corrected chi connectivity index (χ3v) is 1.71. The first-order chi connectivity index (χ1) is 6.56. The molecule has 0 unspecified atom stereocenters. The van der Waals surface area contributed by atoms with Crippen molar-refractivity contribution in [2.75, 3.05) is 7.11 Å². The van der Waals surface area contributed by atoms with E-state index in [-0.39, 0.29) is 11.3 Å². The number of hydrogen-bond acceptors (Lipinski definition) is 3. The van der Waals surface area contributed by atoms with E-state index in [1.54, 1.807) is 6.92 Å². The summed E-state index contributed by atoms with van der Waals surface area (Å²) in [5.41, 5.74) is 0.891. The zero-order chi connectivity index (χ0) is 10.7. The average molecular weight is 195 g/mol. The summed E-state index contributed by atoms with van der Waals surface area (Å²) in [7, 11) is 1.24. The van der Waals surface area contributed by atoms with Crippen molar-refractivity contribution < 1.29 is 13.9 Å². The molecule has 1 heterocycles. The Bertz CT molecular complexity index is 388. The highest BCUT2D eigenvalue weighted by Gasteiger charge is 2.11. The number of esters is 1. The average Bonchev–Trinajstić information content (AvgIpc) is 2.17. The van der Waals surface area contributed by atoms with Crippen LogP contribution in [-0.4, -0.2) is 18.1 Å². The quantitative estimate of drug-likeness (QED) is 0.678. The first-order valence-corrected chi connectivity index (χ1v) is 3.96. The predicted molar refractivity (Wildman–Crippen MR) is 50.2 cm³/mol. The summed E-state index contributed by atoms with van der Waals surface area (Å²) in [5.74, 6) is -1.09. The molecular formula is C10H10FNO2. The van der Waals surface area contributed by atoms with Gasteiger partial charge in [0.15, 0.2) is 0 Å². The van der Waals surface area contributed by atoms with Crippen LogP contribution >= 0.6 is 0 Å². The predicted octanol–water partition coefficient (Wildman–Crippen LogP) is 2.04. The van der Waals surface area contributed by atoms with Crippen LogP contribution in [0.15, 0.2) is 18.8 Å². The van der Waals surface area contributed by atoms with Crippen LogP contribution < -0.4 is 0 Å². The minimum atomic E-state index is -0.590. The molecule has 0 N–H and O–H groups in total. The molecule has 0 radical (unpaired) electrons. The number of pyridine rings is 1. The van der Waals surface area contributed by atoms with Crippen molar-refractivity contribution in [3.05, 3.63) is 35.9 Å². The summed E-state index contributed by atoms with van der Waals surface area (Å²) in [5, 5.41) is 0. The zero-order valence-corrected chi connectivity index (χ0v) is 8.00. The molecule has 3 nitrogen and oxygen atoms in total. The van der Waals surface area contributed by atoms with E-state index in [4.69, 9.17) is 0 Å². The number of halogens is 1. The number of hydrogen-bond donors (Lipinski definition) is 0. The lowest BCUT2D eigenvalue weighted by molar-refractivity contribution is 0.0594. The Morgan fingerprint density at radius 2 is 2.29 bits per heavy atom. The standard InChI is InChI=1S/C10H10FNO2/c1-6(2)7-4-9(10(13)14-3)12-5-8(7)11/h4-5H,1H2,2-3H3. The van der Waals surface area contributed by atoms with E-state index in [9.17, 15) is 9.18 Å². The summed E-state index contributed by atoms with van der Waals surface area (Å²) in [6, 6.07) is 1.32. The molecule has 1 aromatic heterocycles. The third-order valence-electron chi connectivity index (χ3n) is 1.71. The molecule has 1 rings (SSSR count). The maximum absolute atomic E-state index is 13.1. The number of rotatable bonds is 2. The van der Waals surface area contributed by atoms with Crippen LogP contribution in [0.3, 0.4) is 0 Å². The van der Waals surface area contributed by atoms with Crippen LogP contribution in [0.25, 0.3) is 5.57 Å². The fourth-order valence-electron chi connectivity index (χ4n) is 0.982. The second-order valence-electron chi connectivity index (χ2n) is 2.82. The highest BCUT2D eigenvalue weighted by atomic mass is 19.1. The van der Waals surface area contributed by atoms with Crippen molar-refractivity contribution in [1.29, 1.82) is 0 Å². The van der Waals surface area contributed by atoms with Crippen molar-refractivity contribution in [2.45, 2.75) is 6.92 Å². The van der Waals surface area contributed by atoms with E-state index in [1.165, 1.54) is 13.2 Å². The minimum Gasteiger partial charge on any atom is -0.464 e. The normalized spacial score (nSPS) is 9.64. The molecule has 74 valence electrons. The number of aromatic nitrogens is 1. The summed E-state index contributed by atoms with van der Waals surface area (Å²) in [6.07, 6.45) is 0.982. The minimum absolute atomic E-state index is 0.0758. The SMILES string of the molecule is C=C(C)c1cc(C(=O)OC)ncc1F. The Hall–Kier alpha value is -1.71. The van der Waals surface area contributed by atoms with Gasteiger partial charge in [0, 0.05) is 5.56 Å². The van der Waals surface area contributed by atoms with Crippen molar-refractivity contribution in [2.24, 2.45) is 0 Å². The number of methoxy groups -OCH3 is 1. The number of nitrogens with zero attached hydrogens (tertiary/aromatic N) is 1. The van der Waals surface area contributed by atoms with Gasteiger partial charge in [0.1, 0.15) is 11.5 Å². The highest BCUT2D eigenvalue weighted by Crippen LogP contribution is 2.16.